The minimum atomic E-state index is -0.745. The summed E-state index contributed by atoms with van der Waals surface area (Å²) in [5.41, 5.74) is 0.853. The number of rotatable bonds is 5. The van der Waals surface area contributed by atoms with Crippen LogP contribution in [-0.4, -0.2) is 5.78 Å². The third-order valence-electron chi connectivity index (χ3n) is 3.96. The second-order valence-electron chi connectivity index (χ2n) is 6.04. The Morgan fingerprint density at radius 3 is 1.67 bits per heavy atom. The summed E-state index contributed by atoms with van der Waals surface area (Å²) in [6.07, 6.45) is 0. The first-order chi connectivity index (χ1) is 11.7. The molecule has 0 aromatic heterocycles. The lowest BCUT2D eigenvalue weighted by Crippen LogP contribution is -2.26. The van der Waals surface area contributed by atoms with Gasteiger partial charge in [0.05, 0.1) is 0 Å². The van der Waals surface area contributed by atoms with Crippen molar-refractivity contribution >= 4 is 29.6 Å². The first kappa shape index (κ1) is 16.6. The Morgan fingerprint density at radius 1 is 0.708 bits per heavy atom. The number of Topliss-reactive ketones (excluding diaryl/α,β-unsaturated/α-hetero) is 1. The maximum atomic E-state index is 12.7. The average molecular weight is 332 g/mol. The van der Waals surface area contributed by atoms with E-state index in [4.69, 9.17) is 0 Å². The van der Waals surface area contributed by atoms with E-state index in [-0.39, 0.29) is 11.7 Å². The van der Waals surface area contributed by atoms with Gasteiger partial charge < -0.3 is 0 Å². The molecule has 0 saturated carbocycles. The zero-order chi connectivity index (χ0) is 16.9. The van der Waals surface area contributed by atoms with Crippen molar-refractivity contribution in [3.63, 3.8) is 0 Å². The zero-order valence-corrected chi connectivity index (χ0v) is 14.9. The molecule has 0 bridgehead atoms. The molecule has 0 saturated heterocycles. The Morgan fingerprint density at radius 2 is 1.17 bits per heavy atom. The molecule has 1 nitrogen and oxygen atoms in total. The van der Waals surface area contributed by atoms with Gasteiger partial charge in [-0.3, -0.25) is 4.79 Å². The second kappa shape index (κ2) is 7.55. The quantitative estimate of drug-likeness (QED) is 0.503. The Hall–Kier alpha value is -2.24. The zero-order valence-electron chi connectivity index (χ0n) is 14.0. The van der Waals surface area contributed by atoms with E-state index in [0.717, 1.165) is 10.9 Å². The molecule has 0 aliphatic heterocycles. The molecule has 0 spiro atoms. The van der Waals surface area contributed by atoms with Crippen molar-refractivity contribution in [3.8, 4) is 0 Å². The van der Waals surface area contributed by atoms with Crippen LogP contribution < -0.4 is 15.9 Å². The Bertz CT molecular complexity index is 770. The summed E-state index contributed by atoms with van der Waals surface area (Å²) in [6.45, 7) is 3.93. The van der Waals surface area contributed by atoms with Crippen LogP contribution in [0.5, 0.6) is 0 Å². The molecule has 3 rings (SSSR count). The van der Waals surface area contributed by atoms with Gasteiger partial charge in [0.15, 0.2) is 5.78 Å². The lowest BCUT2D eigenvalue weighted by molar-refractivity contribution is 0.0940. The van der Waals surface area contributed by atoms with Crippen LogP contribution in [0.2, 0.25) is 0 Å². The molecule has 0 aliphatic carbocycles. The van der Waals surface area contributed by atoms with Gasteiger partial charge in [-0.15, -0.1) is 0 Å². The van der Waals surface area contributed by atoms with E-state index in [1.807, 2.05) is 44.2 Å². The predicted octanol–water partition coefficient (Wildman–Crippen LogP) is 4.28. The van der Waals surface area contributed by atoms with Crippen molar-refractivity contribution in [1.82, 2.24) is 0 Å². The van der Waals surface area contributed by atoms with Crippen LogP contribution in [0.4, 0.5) is 0 Å². The van der Waals surface area contributed by atoms with Gasteiger partial charge in [-0.05, 0) is 23.8 Å². The van der Waals surface area contributed by atoms with Crippen molar-refractivity contribution < 1.29 is 4.79 Å². The maximum absolute atomic E-state index is 12.7. The molecular formula is C22H21OP. The van der Waals surface area contributed by atoms with E-state index in [2.05, 4.69) is 54.6 Å². The average Bonchev–Trinajstić information content (AvgIpc) is 2.63. The molecule has 0 amide bonds. The molecule has 3 aromatic rings. The first-order valence-electron chi connectivity index (χ1n) is 8.22. The summed E-state index contributed by atoms with van der Waals surface area (Å²) in [5.74, 6) is 0.208. The molecule has 0 aliphatic rings. The standard InChI is InChI=1S/C22H21OP/c1-17(2)22(23)20-15-9-10-16-21(20)24(18-11-5-3-6-12-18)19-13-7-4-8-14-19/h3-17H,1-2H3. The molecule has 2 heteroatoms. The second-order valence-corrected chi connectivity index (χ2v) is 8.23. The Kier molecular flexibility index (Phi) is 5.23. The van der Waals surface area contributed by atoms with Gasteiger partial charge in [0.1, 0.15) is 0 Å². The SMILES string of the molecule is CC(C)C(=O)c1ccccc1P(c1ccccc1)c1ccccc1. The third kappa shape index (κ3) is 3.47. The Labute approximate surface area is 145 Å². The van der Waals surface area contributed by atoms with Gasteiger partial charge >= 0.3 is 0 Å². The van der Waals surface area contributed by atoms with Crippen molar-refractivity contribution in [1.29, 1.82) is 0 Å². The highest BCUT2D eigenvalue weighted by atomic mass is 31.1. The largest absolute Gasteiger partial charge is 0.294 e. The summed E-state index contributed by atoms with van der Waals surface area (Å²) in [7, 11) is -0.745. The lowest BCUT2D eigenvalue weighted by Gasteiger charge is -2.22. The molecule has 120 valence electrons. The molecule has 0 radical (unpaired) electrons. The van der Waals surface area contributed by atoms with Gasteiger partial charge in [0, 0.05) is 11.5 Å². The van der Waals surface area contributed by atoms with Gasteiger partial charge in [-0.2, -0.15) is 0 Å². The fourth-order valence-corrected chi connectivity index (χ4v) is 5.23. The fourth-order valence-electron chi connectivity index (χ4n) is 2.77. The normalized spacial score (nSPS) is 11.0. The maximum Gasteiger partial charge on any atom is 0.166 e. The highest BCUT2D eigenvalue weighted by Gasteiger charge is 2.23. The molecule has 0 atom stereocenters. The molecule has 3 aromatic carbocycles. The van der Waals surface area contributed by atoms with Gasteiger partial charge in [0.25, 0.3) is 0 Å². The fraction of sp³-hybridized carbons (Fsp3) is 0.136. The van der Waals surface area contributed by atoms with E-state index in [1.165, 1.54) is 10.6 Å². The summed E-state index contributed by atoms with van der Waals surface area (Å²) in [4.78, 5) is 12.7. The number of carbonyl (C=O) groups is 1. The molecule has 24 heavy (non-hydrogen) atoms. The van der Waals surface area contributed by atoms with E-state index in [0.29, 0.717) is 0 Å². The summed E-state index contributed by atoms with van der Waals surface area (Å²) in [5, 5.41) is 3.68. The van der Waals surface area contributed by atoms with Gasteiger partial charge in [0.2, 0.25) is 0 Å². The number of hydrogen-bond donors (Lipinski definition) is 0. The highest BCUT2D eigenvalue weighted by molar-refractivity contribution is 7.80. The predicted molar refractivity (Wildman–Crippen MR) is 104 cm³/mol. The van der Waals surface area contributed by atoms with Crippen LogP contribution in [-0.2, 0) is 0 Å². The summed E-state index contributed by atoms with van der Waals surface area (Å²) < 4.78 is 0. The van der Waals surface area contributed by atoms with E-state index in [1.54, 1.807) is 0 Å². The first-order valence-corrected chi connectivity index (χ1v) is 9.56. The van der Waals surface area contributed by atoms with E-state index in [9.17, 15) is 4.79 Å². The number of hydrogen-bond acceptors (Lipinski definition) is 1. The number of benzene rings is 3. The summed E-state index contributed by atoms with van der Waals surface area (Å²) in [6, 6.07) is 29.1. The highest BCUT2D eigenvalue weighted by Crippen LogP contribution is 2.34. The van der Waals surface area contributed by atoms with E-state index >= 15 is 0 Å². The van der Waals surface area contributed by atoms with Crippen LogP contribution in [0.3, 0.4) is 0 Å². The van der Waals surface area contributed by atoms with Crippen molar-refractivity contribution in [2.75, 3.05) is 0 Å². The minimum absolute atomic E-state index is 0.00505. The summed E-state index contributed by atoms with van der Waals surface area (Å²) >= 11 is 0. The van der Waals surface area contributed by atoms with E-state index < -0.39 is 7.92 Å². The van der Waals surface area contributed by atoms with Crippen LogP contribution in [0.1, 0.15) is 24.2 Å². The third-order valence-corrected chi connectivity index (χ3v) is 6.46. The molecule has 0 N–H and O–H groups in total. The molecule has 0 heterocycles. The number of ketones is 1. The van der Waals surface area contributed by atoms with Crippen LogP contribution in [0.25, 0.3) is 0 Å². The minimum Gasteiger partial charge on any atom is -0.294 e. The van der Waals surface area contributed by atoms with Gasteiger partial charge in [-0.25, -0.2) is 0 Å². The van der Waals surface area contributed by atoms with Crippen LogP contribution in [0.15, 0.2) is 84.9 Å². The van der Waals surface area contributed by atoms with Gasteiger partial charge in [-0.1, -0.05) is 98.8 Å². The molecular weight excluding hydrogens is 311 g/mol. The Balaban J connectivity index is 2.20. The van der Waals surface area contributed by atoms with Crippen molar-refractivity contribution in [3.05, 3.63) is 90.5 Å². The lowest BCUT2D eigenvalue weighted by atomic mass is 10.0. The monoisotopic (exact) mass is 332 g/mol. The van der Waals surface area contributed by atoms with Crippen LogP contribution >= 0.6 is 7.92 Å². The smallest absolute Gasteiger partial charge is 0.166 e. The van der Waals surface area contributed by atoms with Crippen LogP contribution in [0, 0.1) is 5.92 Å². The molecule has 0 unspecified atom stereocenters. The van der Waals surface area contributed by atoms with Crippen molar-refractivity contribution in [2.45, 2.75) is 13.8 Å². The topological polar surface area (TPSA) is 17.1 Å². The van der Waals surface area contributed by atoms with Crippen molar-refractivity contribution in [2.24, 2.45) is 5.92 Å². The molecule has 0 fully saturated rings. The number of carbonyl (C=O) groups excluding carboxylic acids is 1.